The van der Waals surface area contributed by atoms with Gasteiger partial charge < -0.3 is 14.6 Å². The van der Waals surface area contributed by atoms with Gasteiger partial charge in [-0.2, -0.15) is 4.98 Å². The second-order valence-electron chi connectivity index (χ2n) is 6.65. The molecule has 0 spiro atoms. The van der Waals surface area contributed by atoms with Gasteiger partial charge in [-0.1, -0.05) is 18.2 Å². The Bertz CT molecular complexity index is 1190. The molecule has 0 fully saturated rings. The largest absolute Gasteiger partial charge is 0.480 e. The Hall–Kier alpha value is -3.36. The Labute approximate surface area is 153 Å². The van der Waals surface area contributed by atoms with Crippen molar-refractivity contribution in [3.63, 3.8) is 0 Å². The number of anilines is 2. The van der Waals surface area contributed by atoms with Gasteiger partial charge in [0.1, 0.15) is 6.54 Å². The lowest BCUT2D eigenvalue weighted by atomic mass is 10.1. The van der Waals surface area contributed by atoms with Gasteiger partial charge in [-0.25, -0.2) is 9.36 Å². The first kappa shape index (κ1) is 17.1. The maximum absolute atomic E-state index is 12.9. The monoisotopic (exact) mass is 369 g/mol. The molecule has 0 saturated heterocycles. The van der Waals surface area contributed by atoms with E-state index in [0.717, 1.165) is 28.8 Å². The molecular formula is C18H19N5O4. The van der Waals surface area contributed by atoms with E-state index in [1.807, 2.05) is 36.1 Å². The van der Waals surface area contributed by atoms with E-state index in [4.69, 9.17) is 5.11 Å². The van der Waals surface area contributed by atoms with Crippen LogP contribution in [0.3, 0.4) is 0 Å². The summed E-state index contributed by atoms with van der Waals surface area (Å²) in [4.78, 5) is 43.0. The van der Waals surface area contributed by atoms with Crippen LogP contribution in [0, 0.1) is 6.92 Å². The van der Waals surface area contributed by atoms with Crippen molar-refractivity contribution in [2.24, 2.45) is 7.05 Å². The molecule has 140 valence electrons. The summed E-state index contributed by atoms with van der Waals surface area (Å²) in [7, 11) is 1.50. The highest BCUT2D eigenvalue weighted by atomic mass is 16.4. The molecule has 27 heavy (non-hydrogen) atoms. The van der Waals surface area contributed by atoms with E-state index in [1.54, 1.807) is 4.57 Å². The van der Waals surface area contributed by atoms with E-state index in [2.05, 4.69) is 4.98 Å². The Balaban J connectivity index is 2.01. The Morgan fingerprint density at radius 3 is 2.67 bits per heavy atom. The molecule has 2 aromatic heterocycles. The molecule has 3 heterocycles. The number of imidazole rings is 1. The first-order valence-corrected chi connectivity index (χ1v) is 8.65. The number of fused-ring (bicyclic) bond motifs is 3. The van der Waals surface area contributed by atoms with Crippen LogP contribution >= 0.6 is 0 Å². The molecule has 9 heteroatoms. The molecule has 4 rings (SSSR count). The number of aromatic nitrogens is 4. The fourth-order valence-corrected chi connectivity index (χ4v) is 3.63. The van der Waals surface area contributed by atoms with Crippen molar-refractivity contribution in [3.05, 3.63) is 50.7 Å². The Morgan fingerprint density at radius 2 is 1.96 bits per heavy atom. The highest BCUT2D eigenvalue weighted by Crippen LogP contribution is 2.32. The minimum absolute atomic E-state index is 0.256. The van der Waals surface area contributed by atoms with Crippen LogP contribution in [0.1, 0.15) is 12.0 Å². The summed E-state index contributed by atoms with van der Waals surface area (Å²) in [6.07, 6.45) is 0.800. The van der Waals surface area contributed by atoms with Gasteiger partial charge in [-0.3, -0.25) is 14.2 Å². The zero-order valence-corrected chi connectivity index (χ0v) is 15.0. The second kappa shape index (κ2) is 6.11. The third kappa shape index (κ3) is 2.54. The lowest BCUT2D eigenvalue weighted by molar-refractivity contribution is -0.137. The van der Waals surface area contributed by atoms with Crippen molar-refractivity contribution >= 4 is 28.8 Å². The van der Waals surface area contributed by atoms with E-state index in [-0.39, 0.29) is 11.2 Å². The molecule has 0 unspecified atom stereocenters. The molecule has 0 amide bonds. The number of rotatable bonds is 3. The Morgan fingerprint density at radius 1 is 1.22 bits per heavy atom. The van der Waals surface area contributed by atoms with Crippen LogP contribution in [0.2, 0.25) is 0 Å². The molecular weight excluding hydrogens is 350 g/mol. The van der Waals surface area contributed by atoms with Crippen molar-refractivity contribution in [1.82, 2.24) is 18.7 Å². The maximum atomic E-state index is 12.9. The standard InChI is InChI=1S/C18H19N5O4/c1-11-6-3-4-7-12(11)21-8-5-9-22-14-15(19-17(21)22)20(2)18(27)23(16(14)26)10-13(24)25/h3-4,6-7H,5,8-10H2,1-2H3,(H,24,25). The van der Waals surface area contributed by atoms with Gasteiger partial charge in [0.05, 0.1) is 0 Å². The maximum Gasteiger partial charge on any atom is 0.333 e. The first-order chi connectivity index (χ1) is 12.9. The predicted molar refractivity (Wildman–Crippen MR) is 99.7 cm³/mol. The van der Waals surface area contributed by atoms with Gasteiger partial charge in [0.2, 0.25) is 5.95 Å². The number of carboxylic acid groups (broad SMARTS) is 1. The molecule has 0 saturated carbocycles. The Kier molecular flexibility index (Phi) is 3.87. The summed E-state index contributed by atoms with van der Waals surface area (Å²) in [5.41, 5.74) is 1.28. The third-order valence-electron chi connectivity index (χ3n) is 4.92. The quantitative estimate of drug-likeness (QED) is 0.734. The predicted octanol–water partition coefficient (Wildman–Crippen LogP) is 0.832. The van der Waals surface area contributed by atoms with Crippen LogP contribution < -0.4 is 16.1 Å². The highest BCUT2D eigenvalue weighted by Gasteiger charge is 2.27. The zero-order chi connectivity index (χ0) is 19.3. The highest BCUT2D eigenvalue weighted by molar-refractivity contribution is 5.78. The number of nitrogens with zero attached hydrogens (tertiary/aromatic N) is 5. The van der Waals surface area contributed by atoms with Crippen molar-refractivity contribution in [2.75, 3.05) is 11.4 Å². The summed E-state index contributed by atoms with van der Waals surface area (Å²) >= 11 is 0. The lowest BCUT2D eigenvalue weighted by Crippen LogP contribution is -2.41. The van der Waals surface area contributed by atoms with E-state index >= 15 is 0 Å². The average molecular weight is 369 g/mol. The molecule has 9 nitrogen and oxygen atoms in total. The molecule has 0 aliphatic carbocycles. The summed E-state index contributed by atoms with van der Waals surface area (Å²) in [6.45, 7) is 2.65. The fourth-order valence-electron chi connectivity index (χ4n) is 3.63. The molecule has 1 aliphatic rings. The summed E-state index contributed by atoms with van der Waals surface area (Å²) in [5, 5.41) is 9.05. The van der Waals surface area contributed by atoms with Crippen LogP contribution in [0.15, 0.2) is 33.9 Å². The van der Waals surface area contributed by atoms with Gasteiger partial charge in [0, 0.05) is 25.8 Å². The zero-order valence-electron chi connectivity index (χ0n) is 15.0. The van der Waals surface area contributed by atoms with Crippen LogP contribution in [0.25, 0.3) is 11.2 Å². The summed E-state index contributed by atoms with van der Waals surface area (Å²) < 4.78 is 3.76. The van der Waals surface area contributed by atoms with Crippen molar-refractivity contribution in [1.29, 1.82) is 0 Å². The lowest BCUT2D eigenvalue weighted by Gasteiger charge is -2.30. The van der Waals surface area contributed by atoms with Gasteiger partial charge in [-0.15, -0.1) is 0 Å². The third-order valence-corrected chi connectivity index (χ3v) is 4.92. The number of para-hydroxylation sites is 1. The van der Waals surface area contributed by atoms with E-state index in [1.165, 1.54) is 11.6 Å². The minimum atomic E-state index is -1.24. The van der Waals surface area contributed by atoms with Crippen molar-refractivity contribution in [3.8, 4) is 0 Å². The number of aryl methyl sites for hydroxylation is 3. The molecule has 0 bridgehead atoms. The van der Waals surface area contributed by atoms with Crippen molar-refractivity contribution in [2.45, 2.75) is 26.4 Å². The van der Waals surface area contributed by atoms with Crippen LogP contribution in [0.5, 0.6) is 0 Å². The summed E-state index contributed by atoms with van der Waals surface area (Å²) in [6, 6.07) is 7.90. The smallest absolute Gasteiger partial charge is 0.333 e. The van der Waals surface area contributed by atoms with Gasteiger partial charge in [-0.05, 0) is 25.0 Å². The average Bonchev–Trinajstić information content (AvgIpc) is 3.04. The normalized spacial score (nSPS) is 13.8. The minimum Gasteiger partial charge on any atom is -0.480 e. The molecule has 1 N–H and O–H groups in total. The first-order valence-electron chi connectivity index (χ1n) is 8.65. The number of benzene rings is 1. The molecule has 1 aliphatic heterocycles. The van der Waals surface area contributed by atoms with Crippen molar-refractivity contribution < 1.29 is 9.90 Å². The topological polar surface area (TPSA) is 102 Å². The van der Waals surface area contributed by atoms with Gasteiger partial charge in [0.15, 0.2) is 11.2 Å². The number of carboxylic acids is 1. The number of hydrogen-bond donors (Lipinski definition) is 1. The van der Waals surface area contributed by atoms with Gasteiger partial charge in [0.25, 0.3) is 5.56 Å². The van der Waals surface area contributed by atoms with Crippen LogP contribution in [0.4, 0.5) is 11.6 Å². The molecule has 3 aromatic rings. The van der Waals surface area contributed by atoms with Gasteiger partial charge >= 0.3 is 11.7 Å². The number of carbonyl (C=O) groups is 1. The van der Waals surface area contributed by atoms with Crippen LogP contribution in [-0.4, -0.2) is 36.3 Å². The summed E-state index contributed by atoms with van der Waals surface area (Å²) in [5.74, 6) is -0.654. The van der Waals surface area contributed by atoms with E-state index in [9.17, 15) is 14.4 Å². The molecule has 0 radical (unpaired) electrons. The van der Waals surface area contributed by atoms with E-state index < -0.39 is 23.8 Å². The fraction of sp³-hybridized carbons (Fsp3) is 0.333. The SMILES string of the molecule is Cc1ccccc1N1CCCn2c1nc1c2c(=O)n(CC(=O)O)c(=O)n1C. The number of aliphatic carboxylic acids is 1. The number of hydrogen-bond acceptors (Lipinski definition) is 5. The van der Waals surface area contributed by atoms with E-state index in [0.29, 0.717) is 12.5 Å². The second-order valence-corrected chi connectivity index (χ2v) is 6.65. The molecule has 0 atom stereocenters. The molecule has 1 aromatic carbocycles. The van der Waals surface area contributed by atoms with Crippen LogP contribution in [-0.2, 0) is 24.9 Å².